The number of rotatable bonds is 6. The van der Waals surface area contributed by atoms with Gasteiger partial charge in [-0.15, -0.1) is 0 Å². The Labute approximate surface area is 169 Å². The minimum atomic E-state index is -0.0818. The Morgan fingerprint density at radius 2 is 1.97 bits per heavy atom. The second kappa shape index (κ2) is 7.96. The van der Waals surface area contributed by atoms with E-state index in [1.54, 1.807) is 25.7 Å². The fourth-order valence-corrected chi connectivity index (χ4v) is 4.02. The highest BCUT2D eigenvalue weighted by Gasteiger charge is 2.33. The molecule has 0 aromatic carbocycles. The van der Waals surface area contributed by atoms with Crippen molar-refractivity contribution < 1.29 is 18.6 Å². The molecular weight excluding hydrogens is 374 g/mol. The summed E-state index contributed by atoms with van der Waals surface area (Å²) in [6.45, 7) is 6.77. The Hall–Kier alpha value is -2.71. The smallest absolute Gasteiger partial charge is 0.259 e. The number of carbonyl (C=O) groups excluding carboxylic acids is 2. The molecule has 0 bridgehead atoms. The molecule has 2 aliphatic rings. The van der Waals surface area contributed by atoms with Gasteiger partial charge in [-0.05, 0) is 39.5 Å². The summed E-state index contributed by atoms with van der Waals surface area (Å²) in [7, 11) is 0. The second-order valence-electron chi connectivity index (χ2n) is 8.03. The molecule has 3 heterocycles. The molecule has 2 fully saturated rings. The van der Waals surface area contributed by atoms with Gasteiger partial charge in [0.15, 0.2) is 5.82 Å². The summed E-state index contributed by atoms with van der Waals surface area (Å²) in [4.78, 5) is 33.4. The van der Waals surface area contributed by atoms with Crippen LogP contribution in [-0.4, -0.2) is 62.6 Å². The lowest BCUT2D eigenvalue weighted by Crippen LogP contribution is -2.51. The standard InChI is InChI=1S/C20H27N5O4/c1-12-18(13(2)28-22-12)20(27)24-9-4-5-16(11-24)25(14(3)26)10-8-17-21-19(29-23-17)15-6-7-15/h15-16H,4-11H2,1-3H3. The van der Waals surface area contributed by atoms with Crippen molar-refractivity contribution in [2.24, 2.45) is 0 Å². The fraction of sp³-hybridized carbons (Fsp3) is 0.650. The van der Waals surface area contributed by atoms with Crippen LogP contribution in [0.4, 0.5) is 0 Å². The highest BCUT2D eigenvalue weighted by molar-refractivity contribution is 5.96. The molecule has 2 aromatic heterocycles. The van der Waals surface area contributed by atoms with Crippen molar-refractivity contribution in [2.45, 2.75) is 64.8 Å². The van der Waals surface area contributed by atoms with E-state index in [0.29, 0.717) is 60.7 Å². The summed E-state index contributed by atoms with van der Waals surface area (Å²) in [5.74, 6) is 2.21. The van der Waals surface area contributed by atoms with E-state index < -0.39 is 0 Å². The lowest BCUT2D eigenvalue weighted by atomic mass is 10.0. The lowest BCUT2D eigenvalue weighted by Gasteiger charge is -2.39. The van der Waals surface area contributed by atoms with Crippen LogP contribution in [-0.2, 0) is 11.2 Å². The Morgan fingerprint density at radius 1 is 1.17 bits per heavy atom. The van der Waals surface area contributed by atoms with Gasteiger partial charge < -0.3 is 18.8 Å². The van der Waals surface area contributed by atoms with Gasteiger partial charge in [-0.2, -0.15) is 4.98 Å². The molecule has 1 saturated heterocycles. The molecule has 29 heavy (non-hydrogen) atoms. The van der Waals surface area contributed by atoms with Crippen molar-refractivity contribution in [2.75, 3.05) is 19.6 Å². The average molecular weight is 401 g/mol. The molecule has 1 atom stereocenters. The summed E-state index contributed by atoms with van der Waals surface area (Å²) in [6.07, 6.45) is 4.47. The summed E-state index contributed by atoms with van der Waals surface area (Å²) in [5.41, 5.74) is 1.13. The van der Waals surface area contributed by atoms with Crippen LogP contribution in [0.1, 0.15) is 72.1 Å². The maximum Gasteiger partial charge on any atom is 0.259 e. The highest BCUT2D eigenvalue weighted by atomic mass is 16.5. The molecule has 1 aliphatic heterocycles. The molecule has 0 spiro atoms. The number of likely N-dealkylation sites (tertiary alicyclic amines) is 1. The van der Waals surface area contributed by atoms with Crippen LogP contribution in [0.2, 0.25) is 0 Å². The van der Waals surface area contributed by atoms with E-state index in [1.165, 1.54) is 0 Å². The van der Waals surface area contributed by atoms with E-state index in [4.69, 9.17) is 9.05 Å². The first-order valence-corrected chi connectivity index (χ1v) is 10.3. The number of aryl methyl sites for hydroxylation is 2. The summed E-state index contributed by atoms with van der Waals surface area (Å²) in [5, 5.41) is 7.93. The molecular formula is C20H27N5O4. The SMILES string of the molecule is CC(=O)N(CCc1noc(C2CC2)n1)C1CCCN(C(=O)c2c(C)noc2C)C1. The molecule has 1 saturated carbocycles. The number of aromatic nitrogens is 3. The Morgan fingerprint density at radius 3 is 2.62 bits per heavy atom. The Balaban J connectivity index is 1.41. The third kappa shape index (κ3) is 4.18. The summed E-state index contributed by atoms with van der Waals surface area (Å²) in [6, 6.07) is -0.0273. The van der Waals surface area contributed by atoms with Crippen molar-refractivity contribution >= 4 is 11.8 Å². The molecule has 9 nitrogen and oxygen atoms in total. The molecule has 9 heteroatoms. The van der Waals surface area contributed by atoms with Gasteiger partial charge >= 0.3 is 0 Å². The number of amides is 2. The number of nitrogens with zero attached hydrogens (tertiary/aromatic N) is 5. The lowest BCUT2D eigenvalue weighted by molar-refractivity contribution is -0.132. The van der Waals surface area contributed by atoms with Gasteiger partial charge in [0.25, 0.3) is 5.91 Å². The molecule has 4 rings (SSSR count). The molecule has 0 N–H and O–H groups in total. The first-order valence-electron chi connectivity index (χ1n) is 10.3. The van der Waals surface area contributed by atoms with Gasteiger partial charge in [-0.3, -0.25) is 9.59 Å². The molecule has 1 aliphatic carbocycles. The summed E-state index contributed by atoms with van der Waals surface area (Å²) < 4.78 is 10.5. The number of piperidine rings is 1. The van der Waals surface area contributed by atoms with E-state index in [0.717, 1.165) is 25.7 Å². The molecule has 2 amide bonds. The van der Waals surface area contributed by atoms with Crippen LogP contribution in [0.15, 0.2) is 9.05 Å². The number of carbonyl (C=O) groups is 2. The van der Waals surface area contributed by atoms with Gasteiger partial charge in [0.05, 0.1) is 5.69 Å². The predicted molar refractivity (Wildman–Crippen MR) is 102 cm³/mol. The largest absolute Gasteiger partial charge is 0.361 e. The minimum absolute atomic E-state index is 0.00690. The monoisotopic (exact) mass is 401 g/mol. The van der Waals surface area contributed by atoms with Crippen molar-refractivity contribution in [3.8, 4) is 0 Å². The van der Waals surface area contributed by atoms with Crippen LogP contribution < -0.4 is 0 Å². The first-order chi connectivity index (χ1) is 13.9. The van der Waals surface area contributed by atoms with Gasteiger partial charge in [-0.1, -0.05) is 10.3 Å². The van der Waals surface area contributed by atoms with Crippen molar-refractivity contribution in [3.63, 3.8) is 0 Å². The minimum Gasteiger partial charge on any atom is -0.361 e. The summed E-state index contributed by atoms with van der Waals surface area (Å²) >= 11 is 0. The van der Waals surface area contributed by atoms with Gasteiger partial charge in [-0.25, -0.2) is 0 Å². The third-order valence-electron chi connectivity index (χ3n) is 5.76. The average Bonchev–Trinajstić information content (AvgIpc) is 3.35. The maximum atomic E-state index is 13.0. The van der Waals surface area contributed by atoms with E-state index in [1.807, 2.05) is 4.90 Å². The highest BCUT2D eigenvalue weighted by Crippen LogP contribution is 2.38. The Bertz CT molecular complexity index is 881. The van der Waals surface area contributed by atoms with Gasteiger partial charge in [0.1, 0.15) is 11.3 Å². The first kappa shape index (κ1) is 19.6. The quantitative estimate of drug-likeness (QED) is 0.731. The zero-order chi connectivity index (χ0) is 20.5. The van der Waals surface area contributed by atoms with Crippen LogP contribution >= 0.6 is 0 Å². The maximum absolute atomic E-state index is 13.0. The molecule has 0 radical (unpaired) electrons. The predicted octanol–water partition coefficient (Wildman–Crippen LogP) is 2.25. The zero-order valence-electron chi connectivity index (χ0n) is 17.2. The van der Waals surface area contributed by atoms with E-state index >= 15 is 0 Å². The number of hydrogen-bond acceptors (Lipinski definition) is 7. The van der Waals surface area contributed by atoms with Crippen molar-refractivity contribution in [1.29, 1.82) is 0 Å². The topological polar surface area (TPSA) is 106 Å². The molecule has 156 valence electrons. The third-order valence-corrected chi connectivity index (χ3v) is 5.76. The van der Waals surface area contributed by atoms with E-state index in [2.05, 4.69) is 15.3 Å². The molecule has 1 unspecified atom stereocenters. The second-order valence-corrected chi connectivity index (χ2v) is 8.03. The normalized spacial score (nSPS) is 19.4. The van der Waals surface area contributed by atoms with E-state index in [-0.39, 0.29) is 17.9 Å². The van der Waals surface area contributed by atoms with Crippen LogP contribution in [0.5, 0.6) is 0 Å². The van der Waals surface area contributed by atoms with Crippen LogP contribution in [0.25, 0.3) is 0 Å². The zero-order valence-corrected chi connectivity index (χ0v) is 17.2. The van der Waals surface area contributed by atoms with Crippen LogP contribution in [0.3, 0.4) is 0 Å². The van der Waals surface area contributed by atoms with Crippen molar-refractivity contribution in [3.05, 3.63) is 28.7 Å². The van der Waals surface area contributed by atoms with E-state index in [9.17, 15) is 9.59 Å². The molecule has 2 aromatic rings. The van der Waals surface area contributed by atoms with Crippen LogP contribution in [0, 0.1) is 13.8 Å². The van der Waals surface area contributed by atoms with Gasteiger partial charge in [0, 0.05) is 44.9 Å². The Kier molecular flexibility index (Phi) is 5.38. The van der Waals surface area contributed by atoms with Gasteiger partial charge in [0.2, 0.25) is 11.8 Å². The number of hydrogen-bond donors (Lipinski definition) is 0. The fourth-order valence-electron chi connectivity index (χ4n) is 4.02. The van der Waals surface area contributed by atoms with Crippen molar-refractivity contribution in [1.82, 2.24) is 25.1 Å².